The molecule has 3 aromatic rings. The molecule has 1 atom stereocenters. The summed E-state index contributed by atoms with van der Waals surface area (Å²) in [4.78, 5) is 19.0. The fraction of sp³-hybridized carbons (Fsp3) is 0.286. The van der Waals surface area contributed by atoms with Gasteiger partial charge in [0, 0.05) is 19.5 Å². The molecule has 1 aromatic heterocycles. The SMILES string of the molecule is O=C(c1ccccc1Cl)N1CCC[C@@H](Cc2nc(-c3ccccc3F)no2)C1. The molecular weight excluding hydrogens is 381 g/mol. The van der Waals surface area contributed by atoms with Gasteiger partial charge in [0.15, 0.2) is 0 Å². The lowest BCUT2D eigenvalue weighted by Crippen LogP contribution is -2.40. The van der Waals surface area contributed by atoms with Crippen LogP contribution in [0.15, 0.2) is 53.1 Å². The molecule has 2 heterocycles. The molecule has 28 heavy (non-hydrogen) atoms. The smallest absolute Gasteiger partial charge is 0.255 e. The number of benzene rings is 2. The van der Waals surface area contributed by atoms with Gasteiger partial charge in [-0.2, -0.15) is 4.98 Å². The maximum Gasteiger partial charge on any atom is 0.255 e. The zero-order valence-corrected chi connectivity index (χ0v) is 15.9. The van der Waals surface area contributed by atoms with Gasteiger partial charge in [-0.1, -0.05) is 41.0 Å². The van der Waals surface area contributed by atoms with Gasteiger partial charge in [0.05, 0.1) is 16.1 Å². The maximum absolute atomic E-state index is 13.9. The zero-order chi connectivity index (χ0) is 19.5. The van der Waals surface area contributed by atoms with Crippen LogP contribution in [0.1, 0.15) is 29.1 Å². The summed E-state index contributed by atoms with van der Waals surface area (Å²) < 4.78 is 19.2. The Morgan fingerprint density at radius 2 is 2.00 bits per heavy atom. The molecule has 1 aliphatic rings. The summed E-state index contributed by atoms with van der Waals surface area (Å²) in [6.45, 7) is 1.30. The molecule has 0 spiro atoms. The van der Waals surface area contributed by atoms with Crippen molar-refractivity contribution in [2.75, 3.05) is 13.1 Å². The van der Waals surface area contributed by atoms with E-state index in [0.717, 1.165) is 12.8 Å². The Bertz CT molecular complexity index is 991. The Morgan fingerprint density at radius 3 is 2.82 bits per heavy atom. The minimum Gasteiger partial charge on any atom is -0.339 e. The third kappa shape index (κ3) is 3.92. The molecular formula is C21H19ClFN3O2. The van der Waals surface area contributed by atoms with Crippen LogP contribution in [0, 0.1) is 11.7 Å². The number of likely N-dealkylation sites (tertiary alicyclic amines) is 1. The monoisotopic (exact) mass is 399 g/mol. The van der Waals surface area contributed by atoms with Crippen LogP contribution in [0.2, 0.25) is 5.02 Å². The van der Waals surface area contributed by atoms with Crippen LogP contribution in [-0.4, -0.2) is 34.0 Å². The van der Waals surface area contributed by atoms with Gasteiger partial charge < -0.3 is 9.42 Å². The molecule has 0 radical (unpaired) electrons. The highest BCUT2D eigenvalue weighted by Crippen LogP contribution is 2.25. The molecule has 2 aromatic carbocycles. The third-order valence-electron chi connectivity index (χ3n) is 4.96. The van der Waals surface area contributed by atoms with Crippen LogP contribution < -0.4 is 0 Å². The van der Waals surface area contributed by atoms with Gasteiger partial charge in [0.2, 0.25) is 11.7 Å². The average molecular weight is 400 g/mol. The van der Waals surface area contributed by atoms with Gasteiger partial charge in [-0.25, -0.2) is 4.39 Å². The minimum absolute atomic E-state index is 0.0622. The van der Waals surface area contributed by atoms with Gasteiger partial charge in [0.25, 0.3) is 5.91 Å². The number of hydrogen-bond donors (Lipinski definition) is 0. The summed E-state index contributed by atoms with van der Waals surface area (Å²) >= 11 is 6.17. The predicted molar refractivity (Wildman–Crippen MR) is 103 cm³/mol. The second kappa shape index (κ2) is 8.10. The molecule has 1 aliphatic heterocycles. The van der Waals surface area contributed by atoms with Gasteiger partial charge in [-0.15, -0.1) is 0 Å². The Balaban J connectivity index is 1.44. The van der Waals surface area contributed by atoms with E-state index in [1.165, 1.54) is 6.07 Å². The van der Waals surface area contributed by atoms with E-state index >= 15 is 0 Å². The molecule has 0 N–H and O–H groups in total. The number of rotatable bonds is 4. The fourth-order valence-corrected chi connectivity index (χ4v) is 3.77. The summed E-state index contributed by atoms with van der Waals surface area (Å²) in [6, 6.07) is 13.4. The van der Waals surface area contributed by atoms with Gasteiger partial charge in [-0.3, -0.25) is 4.79 Å². The average Bonchev–Trinajstić information content (AvgIpc) is 3.16. The zero-order valence-electron chi connectivity index (χ0n) is 15.1. The summed E-state index contributed by atoms with van der Waals surface area (Å²) in [7, 11) is 0. The molecule has 0 unspecified atom stereocenters. The van der Waals surface area contributed by atoms with E-state index in [1.807, 2.05) is 11.0 Å². The lowest BCUT2D eigenvalue weighted by atomic mass is 9.94. The van der Waals surface area contributed by atoms with Crippen LogP contribution in [0.5, 0.6) is 0 Å². The van der Waals surface area contributed by atoms with Gasteiger partial charge in [-0.05, 0) is 43.0 Å². The number of piperidine rings is 1. The maximum atomic E-state index is 13.9. The first-order valence-electron chi connectivity index (χ1n) is 9.23. The van der Waals surface area contributed by atoms with E-state index < -0.39 is 0 Å². The van der Waals surface area contributed by atoms with Crippen LogP contribution in [0.25, 0.3) is 11.4 Å². The van der Waals surface area contributed by atoms with E-state index in [-0.39, 0.29) is 23.5 Å². The molecule has 144 valence electrons. The summed E-state index contributed by atoms with van der Waals surface area (Å²) in [5, 5.41) is 4.36. The number of halogens is 2. The summed E-state index contributed by atoms with van der Waals surface area (Å²) in [6.07, 6.45) is 2.41. The van der Waals surface area contributed by atoms with Crippen molar-refractivity contribution in [3.8, 4) is 11.4 Å². The molecule has 7 heteroatoms. The summed E-state index contributed by atoms with van der Waals surface area (Å²) in [5.41, 5.74) is 0.834. The molecule has 5 nitrogen and oxygen atoms in total. The number of carbonyl (C=O) groups excluding carboxylic acids is 1. The van der Waals surface area contributed by atoms with E-state index in [0.29, 0.717) is 41.6 Å². The van der Waals surface area contributed by atoms with Gasteiger partial charge >= 0.3 is 0 Å². The largest absolute Gasteiger partial charge is 0.339 e. The standard InChI is InChI=1S/C21H19ClFN3O2/c22-17-9-3-1-7-15(17)21(27)26-11-5-6-14(13-26)12-19-24-20(25-28-19)16-8-2-4-10-18(16)23/h1-4,7-10,14H,5-6,11-13H2/t14-/m0/s1. The van der Waals surface area contributed by atoms with E-state index in [4.69, 9.17) is 16.1 Å². The Labute approximate surface area is 167 Å². The Morgan fingerprint density at radius 1 is 1.21 bits per heavy atom. The van der Waals surface area contributed by atoms with Crippen molar-refractivity contribution >= 4 is 17.5 Å². The molecule has 0 aliphatic carbocycles. The van der Waals surface area contributed by atoms with Crippen molar-refractivity contribution < 1.29 is 13.7 Å². The minimum atomic E-state index is -0.385. The normalized spacial score (nSPS) is 16.9. The molecule has 1 fully saturated rings. The van der Waals surface area contributed by atoms with Crippen molar-refractivity contribution in [1.82, 2.24) is 15.0 Å². The fourth-order valence-electron chi connectivity index (χ4n) is 3.56. The van der Waals surface area contributed by atoms with Crippen LogP contribution in [0.3, 0.4) is 0 Å². The third-order valence-corrected chi connectivity index (χ3v) is 5.29. The number of nitrogens with zero attached hydrogens (tertiary/aromatic N) is 3. The Kier molecular flexibility index (Phi) is 5.39. The van der Waals surface area contributed by atoms with Gasteiger partial charge in [0.1, 0.15) is 5.82 Å². The quantitative estimate of drug-likeness (QED) is 0.642. The van der Waals surface area contributed by atoms with Crippen molar-refractivity contribution in [3.05, 3.63) is 70.8 Å². The molecule has 0 saturated carbocycles. The molecule has 1 saturated heterocycles. The number of hydrogen-bond acceptors (Lipinski definition) is 4. The first-order chi connectivity index (χ1) is 13.6. The second-order valence-electron chi connectivity index (χ2n) is 6.93. The van der Waals surface area contributed by atoms with E-state index in [1.54, 1.807) is 36.4 Å². The van der Waals surface area contributed by atoms with Crippen LogP contribution in [0.4, 0.5) is 4.39 Å². The number of aromatic nitrogens is 2. The predicted octanol–water partition coefficient (Wildman–Crippen LogP) is 4.62. The van der Waals surface area contributed by atoms with Crippen LogP contribution >= 0.6 is 11.6 Å². The lowest BCUT2D eigenvalue weighted by Gasteiger charge is -2.32. The van der Waals surface area contributed by atoms with Crippen molar-refractivity contribution in [1.29, 1.82) is 0 Å². The van der Waals surface area contributed by atoms with E-state index in [9.17, 15) is 9.18 Å². The summed E-state index contributed by atoms with van der Waals surface area (Å²) in [5.74, 6) is 0.453. The highest BCUT2D eigenvalue weighted by molar-refractivity contribution is 6.33. The number of carbonyl (C=O) groups is 1. The first kappa shape index (κ1) is 18.6. The van der Waals surface area contributed by atoms with Crippen LogP contribution in [-0.2, 0) is 6.42 Å². The Hall–Kier alpha value is -2.73. The molecule has 0 bridgehead atoms. The highest BCUT2D eigenvalue weighted by atomic mass is 35.5. The second-order valence-corrected chi connectivity index (χ2v) is 7.34. The highest BCUT2D eigenvalue weighted by Gasteiger charge is 2.27. The van der Waals surface area contributed by atoms with Crippen molar-refractivity contribution in [2.45, 2.75) is 19.3 Å². The molecule has 4 rings (SSSR count). The van der Waals surface area contributed by atoms with E-state index in [2.05, 4.69) is 10.1 Å². The lowest BCUT2D eigenvalue weighted by molar-refractivity contribution is 0.0668. The number of amides is 1. The topological polar surface area (TPSA) is 59.2 Å². The van der Waals surface area contributed by atoms with Crippen molar-refractivity contribution in [3.63, 3.8) is 0 Å². The first-order valence-corrected chi connectivity index (χ1v) is 9.61. The molecule has 1 amide bonds. The van der Waals surface area contributed by atoms with Crippen molar-refractivity contribution in [2.24, 2.45) is 5.92 Å².